The highest BCUT2D eigenvalue weighted by Gasteiger charge is 2.46. The fraction of sp³-hybridized carbons (Fsp3) is 0.235. The number of carbonyl (C=O) groups excluding carboxylic acids is 2. The van der Waals surface area contributed by atoms with Gasteiger partial charge in [-0.3, -0.25) is 9.78 Å². The fourth-order valence-electron chi connectivity index (χ4n) is 2.87. The highest BCUT2D eigenvalue weighted by atomic mass is 16.5. The van der Waals surface area contributed by atoms with Crippen molar-refractivity contribution < 1.29 is 14.3 Å². The molecule has 5 heteroatoms. The third-order valence-electron chi connectivity index (χ3n) is 3.93. The molecular weight excluding hydrogens is 280 g/mol. The first-order valence-electron chi connectivity index (χ1n) is 7.03. The summed E-state index contributed by atoms with van der Waals surface area (Å²) in [6, 6.07) is 12.9. The first kappa shape index (κ1) is 14.3. The Morgan fingerprint density at radius 2 is 1.73 bits per heavy atom. The normalized spacial score (nSPS) is 15.0. The van der Waals surface area contributed by atoms with Crippen LogP contribution in [0.3, 0.4) is 0 Å². The summed E-state index contributed by atoms with van der Waals surface area (Å²) in [5.74, 6) is -0.813. The van der Waals surface area contributed by atoms with E-state index in [2.05, 4.69) is 10.3 Å². The number of methoxy groups -OCH3 is 1. The van der Waals surface area contributed by atoms with Gasteiger partial charge in [0.15, 0.2) is 0 Å². The fourth-order valence-corrected chi connectivity index (χ4v) is 2.87. The second-order valence-corrected chi connectivity index (χ2v) is 5.37. The van der Waals surface area contributed by atoms with Gasteiger partial charge in [0.2, 0.25) is 0 Å². The van der Waals surface area contributed by atoms with E-state index in [1.807, 2.05) is 24.3 Å². The van der Waals surface area contributed by atoms with Gasteiger partial charge in [-0.1, -0.05) is 30.3 Å². The molecule has 22 heavy (non-hydrogen) atoms. The maximum Gasteiger partial charge on any atom is 0.332 e. The monoisotopic (exact) mass is 296 g/mol. The summed E-state index contributed by atoms with van der Waals surface area (Å²) in [4.78, 5) is 28.7. The van der Waals surface area contributed by atoms with Crippen LogP contribution in [0.4, 0.5) is 0 Å². The van der Waals surface area contributed by atoms with E-state index in [9.17, 15) is 9.59 Å². The molecule has 1 aromatic heterocycles. The minimum absolute atomic E-state index is 0.279. The molecule has 1 amide bonds. The zero-order chi connectivity index (χ0) is 15.6. The van der Waals surface area contributed by atoms with Crippen molar-refractivity contribution in [2.24, 2.45) is 0 Å². The summed E-state index contributed by atoms with van der Waals surface area (Å²) in [6.07, 6.45) is 2.39. The number of benzene rings is 1. The van der Waals surface area contributed by atoms with E-state index in [0.717, 1.165) is 11.1 Å². The molecule has 0 radical (unpaired) electrons. The number of hydrogen-bond donors (Lipinski definition) is 1. The Morgan fingerprint density at radius 1 is 1.09 bits per heavy atom. The van der Waals surface area contributed by atoms with Crippen molar-refractivity contribution in [3.8, 4) is 0 Å². The van der Waals surface area contributed by atoms with Crippen molar-refractivity contribution in [2.75, 3.05) is 7.11 Å². The van der Waals surface area contributed by atoms with Crippen LogP contribution in [-0.2, 0) is 22.4 Å². The average molecular weight is 296 g/mol. The molecule has 1 N–H and O–H groups in total. The summed E-state index contributed by atoms with van der Waals surface area (Å²) < 4.78 is 4.93. The molecule has 0 bridgehead atoms. The molecule has 112 valence electrons. The molecule has 1 heterocycles. The number of amides is 1. The number of esters is 1. The first-order valence-corrected chi connectivity index (χ1v) is 7.03. The quantitative estimate of drug-likeness (QED) is 0.872. The molecule has 1 aliphatic rings. The van der Waals surface area contributed by atoms with Crippen LogP contribution in [0, 0.1) is 0 Å². The number of rotatable bonds is 3. The van der Waals surface area contributed by atoms with Gasteiger partial charge in [0, 0.05) is 19.0 Å². The molecule has 2 aromatic rings. The summed E-state index contributed by atoms with van der Waals surface area (Å²) in [6.45, 7) is 0. The summed E-state index contributed by atoms with van der Waals surface area (Å²) in [7, 11) is 1.33. The van der Waals surface area contributed by atoms with Crippen molar-refractivity contribution in [1.29, 1.82) is 0 Å². The first-order chi connectivity index (χ1) is 10.6. The predicted octanol–water partition coefficient (Wildman–Crippen LogP) is 1.52. The number of fused-ring (bicyclic) bond motifs is 1. The van der Waals surface area contributed by atoms with Crippen LogP contribution in [0.5, 0.6) is 0 Å². The second kappa shape index (κ2) is 5.60. The topological polar surface area (TPSA) is 68.3 Å². The van der Waals surface area contributed by atoms with E-state index in [4.69, 9.17) is 4.74 Å². The SMILES string of the molecule is COC(=O)C1(NC(=O)c2ccccn2)Cc2ccccc2C1. The summed E-state index contributed by atoms with van der Waals surface area (Å²) in [5, 5.41) is 2.83. The highest BCUT2D eigenvalue weighted by Crippen LogP contribution is 2.31. The molecule has 0 atom stereocenters. The zero-order valence-electron chi connectivity index (χ0n) is 12.2. The van der Waals surface area contributed by atoms with E-state index < -0.39 is 11.5 Å². The molecule has 5 nitrogen and oxygen atoms in total. The number of hydrogen-bond acceptors (Lipinski definition) is 4. The standard InChI is InChI=1S/C17H16N2O3/c1-22-16(21)17(10-12-6-2-3-7-13(12)11-17)19-15(20)14-8-4-5-9-18-14/h2-9H,10-11H2,1H3,(H,19,20). The van der Waals surface area contributed by atoms with E-state index in [1.165, 1.54) is 7.11 Å². The lowest BCUT2D eigenvalue weighted by atomic mass is 9.95. The van der Waals surface area contributed by atoms with Gasteiger partial charge in [0.25, 0.3) is 5.91 Å². The number of pyridine rings is 1. The number of carbonyl (C=O) groups is 2. The molecular formula is C17H16N2O3. The van der Waals surface area contributed by atoms with E-state index in [-0.39, 0.29) is 11.6 Å². The zero-order valence-corrected chi connectivity index (χ0v) is 12.2. The molecule has 0 saturated carbocycles. The van der Waals surface area contributed by atoms with Gasteiger partial charge < -0.3 is 10.1 Å². The van der Waals surface area contributed by atoms with Crippen molar-refractivity contribution in [3.63, 3.8) is 0 Å². The summed E-state index contributed by atoms with van der Waals surface area (Å²) >= 11 is 0. The number of aromatic nitrogens is 1. The Labute approximate surface area is 128 Å². The minimum atomic E-state index is -1.06. The van der Waals surface area contributed by atoms with Crippen LogP contribution in [0.1, 0.15) is 21.6 Å². The van der Waals surface area contributed by atoms with Crippen LogP contribution >= 0.6 is 0 Å². The lowest BCUT2D eigenvalue weighted by molar-refractivity contribution is -0.147. The third-order valence-corrected chi connectivity index (χ3v) is 3.93. The molecule has 0 saturated heterocycles. The predicted molar refractivity (Wildman–Crippen MR) is 80.3 cm³/mol. The Hall–Kier alpha value is -2.69. The molecule has 1 aromatic carbocycles. The van der Waals surface area contributed by atoms with Crippen LogP contribution in [0.2, 0.25) is 0 Å². The smallest absolute Gasteiger partial charge is 0.332 e. The minimum Gasteiger partial charge on any atom is -0.467 e. The molecule has 3 rings (SSSR count). The van der Waals surface area contributed by atoms with Gasteiger partial charge in [0.05, 0.1) is 7.11 Å². The van der Waals surface area contributed by atoms with Crippen LogP contribution in [-0.4, -0.2) is 29.5 Å². The van der Waals surface area contributed by atoms with Gasteiger partial charge in [0.1, 0.15) is 11.2 Å². The van der Waals surface area contributed by atoms with Gasteiger partial charge in [-0.15, -0.1) is 0 Å². The van der Waals surface area contributed by atoms with E-state index >= 15 is 0 Å². The second-order valence-electron chi connectivity index (χ2n) is 5.37. The van der Waals surface area contributed by atoms with Crippen LogP contribution in [0.15, 0.2) is 48.7 Å². The average Bonchev–Trinajstić information content (AvgIpc) is 2.94. The van der Waals surface area contributed by atoms with Crippen molar-refractivity contribution in [3.05, 3.63) is 65.5 Å². The van der Waals surface area contributed by atoms with Crippen molar-refractivity contribution >= 4 is 11.9 Å². The molecule has 0 aliphatic heterocycles. The maximum atomic E-state index is 12.4. The van der Waals surface area contributed by atoms with Crippen molar-refractivity contribution in [2.45, 2.75) is 18.4 Å². The Kier molecular flexibility index (Phi) is 3.63. The lowest BCUT2D eigenvalue weighted by Gasteiger charge is -2.27. The van der Waals surface area contributed by atoms with Crippen LogP contribution < -0.4 is 5.32 Å². The maximum absolute atomic E-state index is 12.4. The molecule has 0 spiro atoms. The van der Waals surface area contributed by atoms with Crippen molar-refractivity contribution in [1.82, 2.24) is 10.3 Å². The molecule has 1 aliphatic carbocycles. The third kappa shape index (κ3) is 2.45. The lowest BCUT2D eigenvalue weighted by Crippen LogP contribution is -2.56. The van der Waals surface area contributed by atoms with Gasteiger partial charge in [-0.05, 0) is 23.3 Å². The largest absolute Gasteiger partial charge is 0.467 e. The number of nitrogens with one attached hydrogen (secondary N) is 1. The van der Waals surface area contributed by atoms with Crippen LogP contribution in [0.25, 0.3) is 0 Å². The van der Waals surface area contributed by atoms with Gasteiger partial charge in [-0.25, -0.2) is 4.79 Å². The Balaban J connectivity index is 1.90. The van der Waals surface area contributed by atoms with Gasteiger partial charge in [-0.2, -0.15) is 0 Å². The molecule has 0 unspecified atom stereocenters. The molecule has 0 fully saturated rings. The highest BCUT2D eigenvalue weighted by molar-refractivity contribution is 5.97. The van der Waals surface area contributed by atoms with Gasteiger partial charge >= 0.3 is 5.97 Å². The number of ether oxygens (including phenoxy) is 1. The van der Waals surface area contributed by atoms with E-state index in [1.54, 1.807) is 24.4 Å². The summed E-state index contributed by atoms with van der Waals surface area (Å²) in [5.41, 5.74) is 1.32. The van der Waals surface area contributed by atoms with E-state index in [0.29, 0.717) is 12.8 Å². The Bertz CT molecular complexity index is 688. The Morgan fingerprint density at radius 3 is 2.27 bits per heavy atom. The number of nitrogens with zero attached hydrogens (tertiary/aromatic N) is 1.